The Hall–Kier alpha value is -1.35. The quantitative estimate of drug-likeness (QED) is 0.458. The molecule has 0 aromatic heterocycles. The van der Waals surface area contributed by atoms with E-state index in [1.165, 1.54) is 0 Å². The molecule has 0 amide bonds. The van der Waals surface area contributed by atoms with Crippen LogP contribution in [0.5, 0.6) is 0 Å². The molecule has 0 atom stereocenters. The van der Waals surface area contributed by atoms with Gasteiger partial charge in [0.25, 0.3) is 0 Å². The van der Waals surface area contributed by atoms with E-state index in [0.717, 1.165) is 29.7 Å². The third kappa shape index (κ3) is 3.36. The van der Waals surface area contributed by atoms with Crippen molar-refractivity contribution in [2.45, 2.75) is 26.4 Å². The van der Waals surface area contributed by atoms with Crippen molar-refractivity contribution in [1.29, 1.82) is 0 Å². The van der Waals surface area contributed by atoms with E-state index in [4.69, 9.17) is 9.94 Å². The Morgan fingerprint density at radius 2 is 2.00 bits per heavy atom. The third-order valence-electron chi connectivity index (χ3n) is 2.21. The second-order valence-corrected chi connectivity index (χ2v) is 3.43. The summed E-state index contributed by atoms with van der Waals surface area (Å²) in [6.45, 7) is 2.67. The molecular weight excluding hydrogens is 190 g/mol. The van der Waals surface area contributed by atoms with Crippen LogP contribution in [0.1, 0.15) is 30.9 Å². The summed E-state index contributed by atoms with van der Waals surface area (Å²) in [6, 6.07) is 7.89. The van der Waals surface area contributed by atoms with E-state index in [1.807, 2.05) is 24.3 Å². The molecule has 3 nitrogen and oxygen atoms in total. The Morgan fingerprint density at radius 1 is 1.33 bits per heavy atom. The van der Waals surface area contributed by atoms with Gasteiger partial charge in [-0.05, 0) is 17.5 Å². The molecule has 0 bridgehead atoms. The Labute approximate surface area is 90.4 Å². The van der Waals surface area contributed by atoms with Gasteiger partial charge >= 0.3 is 0 Å². The molecule has 0 spiro atoms. The number of nitrogens with zero attached hydrogens (tertiary/aromatic N) is 1. The highest BCUT2D eigenvalue weighted by Crippen LogP contribution is 2.09. The Bertz CT molecular complexity index is 317. The number of oxime groups is 1. The van der Waals surface area contributed by atoms with E-state index in [-0.39, 0.29) is 0 Å². The molecule has 1 N–H and O–H groups in total. The largest absolute Gasteiger partial charge is 0.411 e. The highest BCUT2D eigenvalue weighted by atomic mass is 16.5. The van der Waals surface area contributed by atoms with Gasteiger partial charge in [0.05, 0.1) is 12.3 Å². The van der Waals surface area contributed by atoms with Crippen LogP contribution in [0.2, 0.25) is 0 Å². The first-order chi connectivity index (χ1) is 7.31. The lowest BCUT2D eigenvalue weighted by Crippen LogP contribution is -2.00. The van der Waals surface area contributed by atoms with Crippen LogP contribution in [0, 0.1) is 0 Å². The van der Waals surface area contributed by atoms with E-state index >= 15 is 0 Å². The van der Waals surface area contributed by atoms with Crippen molar-refractivity contribution in [3.63, 3.8) is 0 Å². The molecule has 0 aliphatic heterocycles. The fourth-order valence-corrected chi connectivity index (χ4v) is 1.45. The minimum absolute atomic E-state index is 0.611. The summed E-state index contributed by atoms with van der Waals surface area (Å²) in [5.74, 6) is 0. The van der Waals surface area contributed by atoms with Crippen LogP contribution >= 0.6 is 0 Å². The van der Waals surface area contributed by atoms with Crippen LogP contribution in [0.15, 0.2) is 29.4 Å². The van der Waals surface area contributed by atoms with E-state index in [0.29, 0.717) is 6.61 Å². The molecule has 0 aliphatic carbocycles. The van der Waals surface area contributed by atoms with E-state index in [1.54, 1.807) is 7.11 Å². The van der Waals surface area contributed by atoms with Gasteiger partial charge < -0.3 is 9.94 Å². The summed E-state index contributed by atoms with van der Waals surface area (Å²) >= 11 is 0. The van der Waals surface area contributed by atoms with Gasteiger partial charge in [0.2, 0.25) is 0 Å². The summed E-state index contributed by atoms with van der Waals surface area (Å²) in [6.07, 6.45) is 1.76. The van der Waals surface area contributed by atoms with Crippen LogP contribution in [-0.4, -0.2) is 18.0 Å². The Morgan fingerprint density at radius 3 is 2.47 bits per heavy atom. The average Bonchev–Trinajstić information content (AvgIpc) is 2.28. The molecular formula is C12H17NO2. The normalized spacial score (nSPS) is 11.7. The zero-order valence-corrected chi connectivity index (χ0v) is 9.23. The predicted octanol–water partition coefficient (Wildman–Crippen LogP) is 2.81. The summed E-state index contributed by atoms with van der Waals surface area (Å²) in [4.78, 5) is 0. The van der Waals surface area contributed by atoms with Gasteiger partial charge in [0, 0.05) is 7.11 Å². The summed E-state index contributed by atoms with van der Waals surface area (Å²) in [5.41, 5.74) is 2.83. The average molecular weight is 207 g/mol. The lowest BCUT2D eigenvalue weighted by molar-refractivity contribution is 0.185. The van der Waals surface area contributed by atoms with E-state index in [9.17, 15) is 0 Å². The molecule has 1 aromatic rings. The number of hydrogen-bond donors (Lipinski definition) is 1. The monoisotopic (exact) mass is 207 g/mol. The molecule has 15 heavy (non-hydrogen) atoms. The van der Waals surface area contributed by atoms with Gasteiger partial charge in [-0.2, -0.15) is 0 Å². The smallest absolute Gasteiger partial charge is 0.0867 e. The molecule has 0 unspecified atom stereocenters. The number of methoxy groups -OCH3 is 1. The molecule has 0 saturated carbocycles. The zero-order chi connectivity index (χ0) is 11.1. The lowest BCUT2D eigenvalue weighted by atomic mass is 10.0. The van der Waals surface area contributed by atoms with Gasteiger partial charge in [-0.25, -0.2) is 0 Å². The predicted molar refractivity (Wildman–Crippen MR) is 60.4 cm³/mol. The maximum atomic E-state index is 8.85. The van der Waals surface area contributed by atoms with Crippen molar-refractivity contribution in [1.82, 2.24) is 0 Å². The number of rotatable bonds is 5. The zero-order valence-electron chi connectivity index (χ0n) is 9.23. The molecule has 0 aliphatic rings. The Balaban J connectivity index is 2.78. The minimum Gasteiger partial charge on any atom is -0.411 e. The van der Waals surface area contributed by atoms with Gasteiger partial charge in [-0.3, -0.25) is 0 Å². The van der Waals surface area contributed by atoms with E-state index < -0.39 is 0 Å². The van der Waals surface area contributed by atoms with Gasteiger partial charge in [0.1, 0.15) is 0 Å². The molecule has 0 radical (unpaired) electrons. The van der Waals surface area contributed by atoms with Crippen molar-refractivity contribution < 1.29 is 9.94 Å². The second kappa shape index (κ2) is 6.19. The topological polar surface area (TPSA) is 41.8 Å². The first-order valence-corrected chi connectivity index (χ1v) is 5.11. The Kier molecular flexibility index (Phi) is 4.84. The molecule has 1 rings (SSSR count). The second-order valence-electron chi connectivity index (χ2n) is 3.43. The van der Waals surface area contributed by atoms with Gasteiger partial charge in [-0.15, -0.1) is 0 Å². The maximum absolute atomic E-state index is 8.85. The van der Waals surface area contributed by atoms with Crippen molar-refractivity contribution in [2.75, 3.05) is 7.11 Å². The number of benzene rings is 1. The molecule has 0 fully saturated rings. The third-order valence-corrected chi connectivity index (χ3v) is 2.21. The van der Waals surface area contributed by atoms with Crippen LogP contribution in [0.4, 0.5) is 0 Å². The standard InChI is InChI=1S/C12H17NO2/c1-3-4-12(13-14)11-7-5-10(6-8-11)9-15-2/h5-8,14H,3-4,9H2,1-2H3. The van der Waals surface area contributed by atoms with Crippen molar-refractivity contribution in [3.05, 3.63) is 35.4 Å². The highest BCUT2D eigenvalue weighted by molar-refractivity contribution is 6.00. The van der Waals surface area contributed by atoms with Crippen molar-refractivity contribution in [2.24, 2.45) is 5.16 Å². The number of hydrogen-bond acceptors (Lipinski definition) is 3. The van der Waals surface area contributed by atoms with E-state index in [2.05, 4.69) is 12.1 Å². The lowest BCUT2D eigenvalue weighted by Gasteiger charge is -2.04. The van der Waals surface area contributed by atoms with Gasteiger partial charge in [-0.1, -0.05) is 42.8 Å². The fourth-order valence-electron chi connectivity index (χ4n) is 1.45. The first-order valence-electron chi connectivity index (χ1n) is 5.11. The molecule has 82 valence electrons. The molecule has 0 heterocycles. The minimum atomic E-state index is 0.611. The van der Waals surface area contributed by atoms with Gasteiger partial charge in [0.15, 0.2) is 0 Å². The summed E-state index contributed by atoms with van der Waals surface area (Å²) < 4.78 is 5.02. The van der Waals surface area contributed by atoms with Crippen LogP contribution in [-0.2, 0) is 11.3 Å². The number of ether oxygens (including phenoxy) is 1. The van der Waals surface area contributed by atoms with Crippen molar-refractivity contribution >= 4 is 5.71 Å². The first kappa shape index (κ1) is 11.7. The summed E-state index contributed by atoms with van der Waals surface area (Å²) in [7, 11) is 1.67. The van der Waals surface area contributed by atoms with Crippen LogP contribution in [0.3, 0.4) is 0 Å². The molecule has 3 heteroatoms. The van der Waals surface area contributed by atoms with Crippen LogP contribution < -0.4 is 0 Å². The molecule has 0 saturated heterocycles. The maximum Gasteiger partial charge on any atom is 0.0867 e. The SMILES string of the molecule is CCCC(=NO)c1ccc(COC)cc1. The summed E-state index contributed by atoms with van der Waals surface area (Å²) in [5, 5.41) is 12.2. The van der Waals surface area contributed by atoms with Crippen LogP contribution in [0.25, 0.3) is 0 Å². The highest BCUT2D eigenvalue weighted by Gasteiger charge is 2.02. The fraction of sp³-hybridized carbons (Fsp3) is 0.417. The van der Waals surface area contributed by atoms with Crippen molar-refractivity contribution in [3.8, 4) is 0 Å². The molecule has 1 aromatic carbocycles.